The van der Waals surface area contributed by atoms with Gasteiger partial charge in [-0.25, -0.2) is 4.79 Å². The number of nitrogens with one attached hydrogen (secondary N) is 1. The molecule has 0 aromatic carbocycles. The van der Waals surface area contributed by atoms with Crippen molar-refractivity contribution in [3.05, 3.63) is 0 Å². The molecular formula is C15H28N2O4. The Balaban J connectivity index is 2.34. The smallest absolute Gasteiger partial charge is 0.317 e. The van der Waals surface area contributed by atoms with Crippen LogP contribution in [0, 0.1) is 11.3 Å². The number of urea groups is 1. The SMILES string of the molecule is CN(CCOCC1CC1)C(=O)NC(CC(=O)O)C(C)(C)C. The average molecular weight is 300 g/mol. The first-order chi connectivity index (χ1) is 9.70. The van der Waals surface area contributed by atoms with Crippen LogP contribution in [-0.4, -0.2) is 54.9 Å². The van der Waals surface area contributed by atoms with Gasteiger partial charge in [-0.1, -0.05) is 20.8 Å². The van der Waals surface area contributed by atoms with Crippen LogP contribution >= 0.6 is 0 Å². The van der Waals surface area contributed by atoms with Crippen molar-refractivity contribution in [1.82, 2.24) is 10.2 Å². The molecule has 21 heavy (non-hydrogen) atoms. The molecule has 0 aromatic heterocycles. The average Bonchev–Trinajstić information content (AvgIpc) is 3.15. The Labute approximate surface area is 126 Å². The number of carbonyl (C=O) groups is 2. The first kappa shape index (κ1) is 17.8. The molecule has 0 heterocycles. The second-order valence-corrected chi connectivity index (χ2v) is 6.91. The highest BCUT2D eigenvalue weighted by molar-refractivity contribution is 5.75. The molecule has 6 heteroatoms. The van der Waals surface area contributed by atoms with Crippen molar-refractivity contribution in [2.24, 2.45) is 11.3 Å². The summed E-state index contributed by atoms with van der Waals surface area (Å²) < 4.78 is 5.50. The molecule has 1 aliphatic rings. The van der Waals surface area contributed by atoms with Crippen LogP contribution in [-0.2, 0) is 9.53 Å². The molecule has 1 unspecified atom stereocenters. The molecule has 0 aliphatic heterocycles. The number of aliphatic carboxylic acids is 1. The number of likely N-dealkylation sites (N-methyl/N-ethyl adjacent to an activating group) is 1. The van der Waals surface area contributed by atoms with Crippen LogP contribution in [0.15, 0.2) is 0 Å². The number of hydrogen-bond donors (Lipinski definition) is 2. The topological polar surface area (TPSA) is 78.9 Å². The second kappa shape index (κ2) is 7.64. The molecule has 122 valence electrons. The minimum absolute atomic E-state index is 0.0821. The molecule has 1 rings (SSSR count). The van der Waals surface area contributed by atoms with Gasteiger partial charge in [0, 0.05) is 26.2 Å². The Bertz CT molecular complexity index is 361. The first-order valence-corrected chi connectivity index (χ1v) is 7.51. The highest BCUT2D eigenvalue weighted by Gasteiger charge is 2.29. The number of nitrogens with zero attached hydrogens (tertiary/aromatic N) is 1. The number of carboxylic acids is 1. The minimum Gasteiger partial charge on any atom is -0.481 e. The lowest BCUT2D eigenvalue weighted by Crippen LogP contribution is -2.50. The van der Waals surface area contributed by atoms with Gasteiger partial charge >= 0.3 is 12.0 Å². The predicted molar refractivity (Wildman–Crippen MR) is 80.2 cm³/mol. The number of carboxylic acid groups (broad SMARTS) is 1. The van der Waals surface area contributed by atoms with Gasteiger partial charge in [-0.3, -0.25) is 4.79 Å². The number of carbonyl (C=O) groups excluding carboxylic acids is 1. The van der Waals surface area contributed by atoms with Crippen molar-refractivity contribution in [2.75, 3.05) is 26.8 Å². The highest BCUT2D eigenvalue weighted by Crippen LogP contribution is 2.28. The van der Waals surface area contributed by atoms with Crippen LogP contribution in [0.25, 0.3) is 0 Å². The third kappa shape index (κ3) is 7.32. The van der Waals surface area contributed by atoms with Gasteiger partial charge in [0.15, 0.2) is 0 Å². The van der Waals surface area contributed by atoms with E-state index in [1.807, 2.05) is 20.8 Å². The summed E-state index contributed by atoms with van der Waals surface area (Å²) in [5.74, 6) is -0.199. The van der Waals surface area contributed by atoms with Crippen LogP contribution in [0.5, 0.6) is 0 Å². The van der Waals surface area contributed by atoms with Gasteiger partial charge in [-0.15, -0.1) is 0 Å². The number of hydrogen-bond acceptors (Lipinski definition) is 3. The lowest BCUT2D eigenvalue weighted by atomic mass is 9.85. The molecule has 1 atom stereocenters. The fourth-order valence-corrected chi connectivity index (χ4v) is 1.85. The molecule has 6 nitrogen and oxygen atoms in total. The van der Waals surface area contributed by atoms with E-state index in [1.165, 1.54) is 17.7 Å². The van der Waals surface area contributed by atoms with Gasteiger partial charge in [-0.2, -0.15) is 0 Å². The van der Waals surface area contributed by atoms with Crippen LogP contribution in [0.2, 0.25) is 0 Å². The largest absolute Gasteiger partial charge is 0.481 e. The Hall–Kier alpha value is -1.30. The third-order valence-corrected chi connectivity index (χ3v) is 3.69. The van der Waals surface area contributed by atoms with Gasteiger partial charge in [0.1, 0.15) is 0 Å². The van der Waals surface area contributed by atoms with E-state index in [0.29, 0.717) is 19.1 Å². The summed E-state index contributed by atoms with van der Waals surface area (Å²) in [6.45, 7) is 7.54. The van der Waals surface area contributed by atoms with E-state index >= 15 is 0 Å². The summed E-state index contributed by atoms with van der Waals surface area (Å²) in [6.07, 6.45) is 2.42. The van der Waals surface area contributed by atoms with E-state index in [2.05, 4.69) is 5.32 Å². The monoisotopic (exact) mass is 300 g/mol. The van der Waals surface area contributed by atoms with E-state index in [4.69, 9.17) is 9.84 Å². The van der Waals surface area contributed by atoms with E-state index in [1.54, 1.807) is 7.05 Å². The summed E-state index contributed by atoms with van der Waals surface area (Å²) in [7, 11) is 1.69. The maximum absolute atomic E-state index is 12.1. The maximum Gasteiger partial charge on any atom is 0.317 e. The molecule has 1 fully saturated rings. The quantitative estimate of drug-likeness (QED) is 0.672. The van der Waals surface area contributed by atoms with Crippen molar-refractivity contribution in [2.45, 2.75) is 46.1 Å². The summed E-state index contributed by atoms with van der Waals surface area (Å²) in [5, 5.41) is 11.7. The van der Waals surface area contributed by atoms with Crippen LogP contribution in [0.1, 0.15) is 40.0 Å². The summed E-state index contributed by atoms with van der Waals surface area (Å²) in [5.41, 5.74) is -0.308. The van der Waals surface area contributed by atoms with Gasteiger partial charge < -0.3 is 20.1 Å². The van der Waals surface area contributed by atoms with Crippen LogP contribution in [0.4, 0.5) is 4.79 Å². The molecule has 0 saturated heterocycles. The first-order valence-electron chi connectivity index (χ1n) is 7.51. The fraction of sp³-hybridized carbons (Fsp3) is 0.867. The second-order valence-electron chi connectivity index (χ2n) is 6.91. The highest BCUT2D eigenvalue weighted by atomic mass is 16.5. The zero-order chi connectivity index (χ0) is 16.0. The van der Waals surface area contributed by atoms with Crippen molar-refractivity contribution in [3.63, 3.8) is 0 Å². The summed E-state index contributed by atoms with van der Waals surface area (Å²) >= 11 is 0. The van der Waals surface area contributed by atoms with Crippen molar-refractivity contribution in [3.8, 4) is 0 Å². The minimum atomic E-state index is -0.911. The predicted octanol–water partition coefficient (Wildman–Crippen LogP) is 1.94. The van der Waals surface area contributed by atoms with E-state index < -0.39 is 12.0 Å². The molecule has 0 radical (unpaired) electrons. The lowest BCUT2D eigenvalue weighted by Gasteiger charge is -2.32. The summed E-state index contributed by atoms with van der Waals surface area (Å²) in [6, 6.07) is -0.663. The lowest BCUT2D eigenvalue weighted by molar-refractivity contribution is -0.138. The molecule has 1 saturated carbocycles. The van der Waals surface area contributed by atoms with Gasteiger partial charge in [0.05, 0.1) is 13.0 Å². The molecule has 0 aromatic rings. The molecule has 0 spiro atoms. The fourth-order valence-electron chi connectivity index (χ4n) is 1.85. The summed E-state index contributed by atoms with van der Waals surface area (Å²) in [4.78, 5) is 24.5. The van der Waals surface area contributed by atoms with Crippen molar-refractivity contribution < 1.29 is 19.4 Å². The molecule has 0 bridgehead atoms. The van der Waals surface area contributed by atoms with Crippen LogP contribution in [0.3, 0.4) is 0 Å². The van der Waals surface area contributed by atoms with Crippen LogP contribution < -0.4 is 5.32 Å². The number of rotatable bonds is 8. The van der Waals surface area contributed by atoms with Gasteiger partial charge in [0.25, 0.3) is 0 Å². The number of ether oxygens (including phenoxy) is 1. The van der Waals surface area contributed by atoms with Gasteiger partial charge in [0.2, 0.25) is 0 Å². The zero-order valence-corrected chi connectivity index (χ0v) is 13.5. The number of amides is 2. The standard InChI is InChI=1S/C15H28N2O4/c1-15(2,3)12(9-13(18)19)16-14(20)17(4)7-8-21-10-11-5-6-11/h11-12H,5-10H2,1-4H3,(H,16,20)(H,18,19). The Kier molecular flexibility index (Phi) is 6.45. The molecule has 2 N–H and O–H groups in total. The Morgan fingerprint density at radius 2 is 2.00 bits per heavy atom. The van der Waals surface area contributed by atoms with Gasteiger partial charge in [-0.05, 0) is 24.2 Å². The Morgan fingerprint density at radius 3 is 2.48 bits per heavy atom. The zero-order valence-electron chi connectivity index (χ0n) is 13.5. The normalized spacial score (nSPS) is 16.4. The van der Waals surface area contributed by atoms with E-state index in [-0.39, 0.29) is 17.9 Å². The van der Waals surface area contributed by atoms with E-state index in [0.717, 1.165) is 6.61 Å². The molecule has 2 amide bonds. The Morgan fingerprint density at radius 1 is 1.38 bits per heavy atom. The maximum atomic E-state index is 12.1. The molecular weight excluding hydrogens is 272 g/mol. The van der Waals surface area contributed by atoms with E-state index in [9.17, 15) is 9.59 Å². The van der Waals surface area contributed by atoms with Crippen molar-refractivity contribution >= 4 is 12.0 Å². The molecule has 1 aliphatic carbocycles. The third-order valence-electron chi connectivity index (χ3n) is 3.69. The van der Waals surface area contributed by atoms with Crippen molar-refractivity contribution in [1.29, 1.82) is 0 Å².